The van der Waals surface area contributed by atoms with Crippen LogP contribution in [0.15, 0.2) is 67.0 Å². The van der Waals surface area contributed by atoms with E-state index in [1.165, 1.54) is 0 Å². The maximum absolute atomic E-state index is 13.5. The van der Waals surface area contributed by atoms with Gasteiger partial charge in [0.2, 0.25) is 0 Å². The molecule has 2 heterocycles. The summed E-state index contributed by atoms with van der Waals surface area (Å²) in [5, 5.41) is 11.8. The zero-order chi connectivity index (χ0) is 22.9. The molecule has 0 bridgehead atoms. The van der Waals surface area contributed by atoms with Gasteiger partial charge in [-0.25, -0.2) is 9.97 Å². The van der Waals surface area contributed by atoms with Crippen molar-refractivity contribution in [1.82, 2.24) is 14.9 Å². The number of phenolic OH excluding ortho intramolecular Hbond substituents is 1. The minimum atomic E-state index is 0.0453. The third-order valence-electron chi connectivity index (χ3n) is 6.49. The first-order valence-corrected chi connectivity index (χ1v) is 11.2. The van der Waals surface area contributed by atoms with Crippen LogP contribution in [0.1, 0.15) is 21.6 Å². The lowest BCUT2D eigenvalue weighted by molar-refractivity contribution is 0.0748. The van der Waals surface area contributed by atoms with Gasteiger partial charge in [0.15, 0.2) is 0 Å². The fourth-order valence-corrected chi connectivity index (χ4v) is 4.56. The first-order valence-electron chi connectivity index (χ1n) is 11.2. The third kappa shape index (κ3) is 3.89. The topological polar surface area (TPSA) is 69.6 Å². The van der Waals surface area contributed by atoms with E-state index in [2.05, 4.69) is 14.9 Å². The third-order valence-corrected chi connectivity index (χ3v) is 6.49. The molecule has 0 aliphatic carbocycles. The number of hydrogen-bond acceptors (Lipinski definition) is 5. The molecule has 3 aromatic carbocycles. The van der Waals surface area contributed by atoms with Gasteiger partial charge in [0, 0.05) is 43.0 Å². The summed E-state index contributed by atoms with van der Waals surface area (Å²) in [5.74, 6) is 1.23. The van der Waals surface area contributed by atoms with Crippen LogP contribution in [0.25, 0.3) is 21.9 Å². The van der Waals surface area contributed by atoms with Gasteiger partial charge in [0.05, 0.1) is 0 Å². The lowest BCUT2D eigenvalue weighted by Gasteiger charge is -2.36. The van der Waals surface area contributed by atoms with Crippen LogP contribution in [0, 0.1) is 13.8 Å². The van der Waals surface area contributed by atoms with Crippen LogP contribution in [0.5, 0.6) is 5.75 Å². The van der Waals surface area contributed by atoms with Crippen molar-refractivity contribution < 1.29 is 9.90 Å². The molecule has 0 saturated carbocycles. The monoisotopic (exact) mass is 438 g/mol. The SMILES string of the molecule is Cc1ncnc(N2CCN(C(=O)c3cccc4c(-c5cccc(O)c5)cccc34)CC2)c1C. The van der Waals surface area contributed by atoms with Gasteiger partial charge in [-0.3, -0.25) is 4.79 Å². The van der Waals surface area contributed by atoms with E-state index in [9.17, 15) is 9.90 Å². The molecule has 0 radical (unpaired) electrons. The highest BCUT2D eigenvalue weighted by atomic mass is 16.3. The normalized spacial score (nSPS) is 14.0. The van der Waals surface area contributed by atoms with Gasteiger partial charge in [-0.05, 0) is 53.9 Å². The zero-order valence-electron chi connectivity index (χ0n) is 18.8. The molecular weight excluding hydrogens is 412 g/mol. The van der Waals surface area contributed by atoms with E-state index >= 15 is 0 Å². The second kappa shape index (κ2) is 8.54. The Morgan fingerprint density at radius 3 is 2.39 bits per heavy atom. The lowest BCUT2D eigenvalue weighted by atomic mass is 9.95. The van der Waals surface area contributed by atoms with Crippen molar-refractivity contribution in [3.8, 4) is 16.9 Å². The number of aryl methyl sites for hydroxylation is 1. The molecule has 1 fully saturated rings. The Balaban J connectivity index is 1.42. The number of anilines is 1. The van der Waals surface area contributed by atoms with Crippen LogP contribution in [0.4, 0.5) is 5.82 Å². The number of amides is 1. The number of rotatable bonds is 3. The molecule has 0 unspecified atom stereocenters. The van der Waals surface area contributed by atoms with Crippen molar-refractivity contribution in [2.75, 3.05) is 31.1 Å². The number of phenols is 1. The van der Waals surface area contributed by atoms with E-state index < -0.39 is 0 Å². The van der Waals surface area contributed by atoms with E-state index in [-0.39, 0.29) is 11.7 Å². The van der Waals surface area contributed by atoms with E-state index in [0.29, 0.717) is 18.7 Å². The quantitative estimate of drug-likeness (QED) is 0.507. The molecule has 0 spiro atoms. The lowest BCUT2D eigenvalue weighted by Crippen LogP contribution is -2.49. The summed E-state index contributed by atoms with van der Waals surface area (Å²) in [5.41, 5.74) is 4.70. The molecule has 166 valence electrons. The number of hydrogen-bond donors (Lipinski definition) is 1. The summed E-state index contributed by atoms with van der Waals surface area (Å²) >= 11 is 0. The molecular formula is C27H26N4O2. The first-order chi connectivity index (χ1) is 16.0. The van der Waals surface area contributed by atoms with Crippen LogP contribution in [-0.2, 0) is 0 Å². The van der Waals surface area contributed by atoms with Crippen molar-refractivity contribution in [3.05, 3.63) is 83.8 Å². The molecule has 6 heteroatoms. The highest BCUT2D eigenvalue weighted by molar-refractivity contribution is 6.10. The number of aromatic hydroxyl groups is 1. The number of carbonyl (C=O) groups is 1. The average Bonchev–Trinajstić information content (AvgIpc) is 2.85. The van der Waals surface area contributed by atoms with Gasteiger partial charge >= 0.3 is 0 Å². The Morgan fingerprint density at radius 2 is 1.61 bits per heavy atom. The largest absolute Gasteiger partial charge is 0.508 e. The van der Waals surface area contributed by atoms with Gasteiger partial charge in [-0.15, -0.1) is 0 Å². The molecule has 1 saturated heterocycles. The van der Waals surface area contributed by atoms with E-state index in [0.717, 1.165) is 52.1 Å². The molecule has 1 aromatic heterocycles. The Hall–Kier alpha value is -3.93. The van der Waals surface area contributed by atoms with Crippen LogP contribution in [0.2, 0.25) is 0 Å². The minimum absolute atomic E-state index is 0.0453. The highest BCUT2D eigenvalue weighted by Gasteiger charge is 2.25. The van der Waals surface area contributed by atoms with E-state index in [4.69, 9.17) is 0 Å². The molecule has 33 heavy (non-hydrogen) atoms. The van der Waals surface area contributed by atoms with Crippen LogP contribution in [0.3, 0.4) is 0 Å². The molecule has 5 rings (SSSR count). The summed E-state index contributed by atoms with van der Waals surface area (Å²) in [6.45, 7) is 6.80. The van der Waals surface area contributed by atoms with Crippen LogP contribution in [-0.4, -0.2) is 52.1 Å². The molecule has 0 atom stereocenters. The van der Waals surface area contributed by atoms with Crippen molar-refractivity contribution in [2.45, 2.75) is 13.8 Å². The van der Waals surface area contributed by atoms with E-state index in [1.54, 1.807) is 18.5 Å². The second-order valence-electron chi connectivity index (χ2n) is 8.44. The number of carbonyl (C=O) groups excluding carboxylic acids is 1. The van der Waals surface area contributed by atoms with Gasteiger partial charge in [0.1, 0.15) is 17.9 Å². The average molecular weight is 439 g/mol. The maximum atomic E-state index is 13.5. The second-order valence-corrected chi connectivity index (χ2v) is 8.44. The van der Waals surface area contributed by atoms with Crippen LogP contribution < -0.4 is 4.90 Å². The maximum Gasteiger partial charge on any atom is 0.254 e. The fraction of sp³-hybridized carbons (Fsp3) is 0.222. The zero-order valence-corrected chi connectivity index (χ0v) is 18.8. The molecule has 1 N–H and O–H groups in total. The van der Waals surface area contributed by atoms with Gasteiger partial charge in [-0.1, -0.05) is 42.5 Å². The molecule has 1 amide bonds. The predicted octanol–water partition coefficient (Wildman–Crippen LogP) is 4.58. The standard InChI is InChI=1S/C27H26N4O2/c1-18-19(2)28-17-29-26(18)30-12-14-31(15-13-30)27(33)25-11-5-9-23-22(8-4-10-24(23)25)20-6-3-7-21(32)16-20/h3-11,16-17,32H,12-15H2,1-2H3. The number of nitrogens with zero attached hydrogens (tertiary/aromatic N) is 4. The highest BCUT2D eigenvalue weighted by Crippen LogP contribution is 2.32. The molecule has 6 nitrogen and oxygen atoms in total. The van der Waals surface area contributed by atoms with Crippen LogP contribution >= 0.6 is 0 Å². The number of aromatic nitrogens is 2. The van der Waals surface area contributed by atoms with Crippen molar-refractivity contribution in [3.63, 3.8) is 0 Å². The summed E-state index contributed by atoms with van der Waals surface area (Å²) in [4.78, 5) is 26.4. The Kier molecular flexibility index (Phi) is 5.42. The minimum Gasteiger partial charge on any atom is -0.508 e. The summed E-state index contributed by atoms with van der Waals surface area (Å²) in [6.07, 6.45) is 1.61. The fourth-order valence-electron chi connectivity index (χ4n) is 4.56. The number of benzene rings is 3. The Morgan fingerprint density at radius 1 is 0.879 bits per heavy atom. The predicted molar refractivity (Wildman–Crippen MR) is 131 cm³/mol. The summed E-state index contributed by atoms with van der Waals surface area (Å²) in [7, 11) is 0. The summed E-state index contributed by atoms with van der Waals surface area (Å²) < 4.78 is 0. The van der Waals surface area contributed by atoms with Gasteiger partial charge < -0.3 is 14.9 Å². The van der Waals surface area contributed by atoms with Gasteiger partial charge in [-0.2, -0.15) is 0 Å². The Bertz CT molecular complexity index is 1340. The molecule has 1 aliphatic rings. The van der Waals surface area contributed by atoms with Crippen molar-refractivity contribution in [2.24, 2.45) is 0 Å². The van der Waals surface area contributed by atoms with Crippen molar-refractivity contribution >= 4 is 22.5 Å². The summed E-state index contributed by atoms with van der Waals surface area (Å²) in [6, 6.07) is 19.1. The van der Waals surface area contributed by atoms with Gasteiger partial charge in [0.25, 0.3) is 5.91 Å². The smallest absolute Gasteiger partial charge is 0.254 e. The first kappa shape index (κ1) is 20.9. The van der Waals surface area contributed by atoms with E-state index in [1.807, 2.05) is 67.3 Å². The number of fused-ring (bicyclic) bond motifs is 1. The van der Waals surface area contributed by atoms with Crippen molar-refractivity contribution in [1.29, 1.82) is 0 Å². The Labute approximate surface area is 193 Å². The molecule has 1 aliphatic heterocycles. The molecule has 4 aromatic rings. The number of piperazine rings is 1.